The molecule has 0 radical (unpaired) electrons. The SMILES string of the molecule is O=C([O-])C(=O)[O-].O=C([O-])C(=O)[O-].[Ca+2].[Mg+2]. The van der Waals surface area contributed by atoms with Crippen LogP contribution in [0, 0.1) is 0 Å². The second kappa shape index (κ2) is 12.9. The predicted octanol–water partition coefficient (Wildman–Crippen LogP) is -7.79. The zero-order chi connectivity index (χ0) is 10.3. The topological polar surface area (TPSA) is 161 Å². The Morgan fingerprint density at radius 1 is 0.571 bits per heavy atom. The molecule has 0 aliphatic rings. The van der Waals surface area contributed by atoms with Gasteiger partial charge in [0.25, 0.3) is 0 Å². The van der Waals surface area contributed by atoms with E-state index >= 15 is 0 Å². The third-order valence-electron chi connectivity index (χ3n) is 0.333. The molecular formula is C4CaMgO8. The molecule has 0 rings (SSSR count). The van der Waals surface area contributed by atoms with Gasteiger partial charge in [-0.15, -0.1) is 0 Å². The molecule has 0 N–H and O–H groups in total. The van der Waals surface area contributed by atoms with E-state index in [4.69, 9.17) is 39.6 Å². The molecule has 0 bridgehead atoms. The Morgan fingerprint density at radius 2 is 0.643 bits per heavy atom. The number of carbonyl (C=O) groups excluding carboxylic acids is 4. The van der Waals surface area contributed by atoms with Crippen LogP contribution in [0.4, 0.5) is 0 Å². The Morgan fingerprint density at radius 3 is 0.643 bits per heavy atom. The third kappa shape index (κ3) is 22.7. The fraction of sp³-hybridized carbons (Fsp3) is 0. The van der Waals surface area contributed by atoms with Crippen LogP contribution >= 0.6 is 0 Å². The fourth-order valence-electron chi connectivity index (χ4n) is 0. The largest absolute Gasteiger partial charge is 2.00 e. The molecule has 0 heterocycles. The van der Waals surface area contributed by atoms with Crippen molar-refractivity contribution < 1.29 is 39.6 Å². The van der Waals surface area contributed by atoms with E-state index in [1.165, 1.54) is 0 Å². The van der Waals surface area contributed by atoms with Crippen molar-refractivity contribution >= 4 is 84.7 Å². The van der Waals surface area contributed by atoms with Gasteiger partial charge < -0.3 is 39.6 Å². The molecule has 14 heavy (non-hydrogen) atoms. The minimum absolute atomic E-state index is 0. The summed E-state index contributed by atoms with van der Waals surface area (Å²) in [6.45, 7) is 0. The zero-order valence-corrected chi connectivity index (χ0v) is 10.3. The van der Waals surface area contributed by atoms with Crippen LogP contribution in [0.2, 0.25) is 0 Å². The van der Waals surface area contributed by atoms with Crippen LogP contribution in [0.3, 0.4) is 0 Å². The van der Waals surface area contributed by atoms with Crippen LogP contribution in [0.5, 0.6) is 0 Å². The van der Waals surface area contributed by atoms with Gasteiger partial charge in [-0.25, -0.2) is 0 Å². The number of hydrogen-bond acceptors (Lipinski definition) is 8. The van der Waals surface area contributed by atoms with E-state index < -0.39 is 23.9 Å². The van der Waals surface area contributed by atoms with E-state index in [0.717, 1.165) is 0 Å². The van der Waals surface area contributed by atoms with Gasteiger partial charge in [-0.3, -0.25) is 0 Å². The van der Waals surface area contributed by atoms with E-state index in [0.29, 0.717) is 0 Å². The van der Waals surface area contributed by atoms with Gasteiger partial charge in [-0.1, -0.05) is 0 Å². The number of aliphatic carboxylic acids is 4. The Balaban J connectivity index is -0.0000000625. The molecule has 0 aromatic carbocycles. The Labute approximate surface area is 123 Å². The predicted molar refractivity (Wildman–Crippen MR) is 31.5 cm³/mol. The first-order chi connectivity index (χ1) is 5.29. The molecular weight excluding hydrogens is 240 g/mol. The second-order valence-corrected chi connectivity index (χ2v) is 1.15. The number of carboxylic acid groups (broad SMARTS) is 4. The first kappa shape index (κ1) is 23.6. The normalized spacial score (nSPS) is 6.29. The van der Waals surface area contributed by atoms with Crippen molar-refractivity contribution in [2.24, 2.45) is 0 Å². The molecule has 0 aromatic rings. The first-order valence-electron chi connectivity index (χ1n) is 2.13. The van der Waals surface area contributed by atoms with Gasteiger partial charge in [0, 0.05) is 0 Å². The maximum Gasteiger partial charge on any atom is 2.00 e. The summed E-state index contributed by atoms with van der Waals surface area (Å²) in [6.07, 6.45) is 0. The van der Waals surface area contributed by atoms with E-state index in [1.807, 2.05) is 0 Å². The van der Waals surface area contributed by atoms with Gasteiger partial charge >= 0.3 is 60.8 Å². The summed E-state index contributed by atoms with van der Waals surface area (Å²) in [7, 11) is 0. The molecule has 8 nitrogen and oxygen atoms in total. The van der Waals surface area contributed by atoms with Crippen LogP contribution in [0.15, 0.2) is 0 Å². The quantitative estimate of drug-likeness (QED) is 0.298. The Kier molecular flexibility index (Phi) is 21.8. The average Bonchev–Trinajstić information content (AvgIpc) is 1.88. The monoisotopic (exact) mass is 240 g/mol. The molecule has 68 valence electrons. The van der Waals surface area contributed by atoms with Crippen molar-refractivity contribution in [3.63, 3.8) is 0 Å². The number of hydrogen-bond donors (Lipinski definition) is 0. The molecule has 0 saturated carbocycles. The average molecular weight is 240 g/mol. The molecule has 0 fully saturated rings. The third-order valence-corrected chi connectivity index (χ3v) is 0.333. The Hall–Kier alpha value is -0.0940. The molecule has 0 unspecified atom stereocenters. The molecule has 0 amide bonds. The summed E-state index contributed by atoms with van der Waals surface area (Å²) in [5.41, 5.74) is 0. The summed E-state index contributed by atoms with van der Waals surface area (Å²) in [5, 5.41) is 35.7. The maximum absolute atomic E-state index is 8.93. The molecule has 0 aliphatic heterocycles. The second-order valence-electron chi connectivity index (χ2n) is 1.15. The zero-order valence-electron chi connectivity index (χ0n) is 6.68. The molecule has 0 spiro atoms. The van der Waals surface area contributed by atoms with E-state index in [1.54, 1.807) is 0 Å². The van der Waals surface area contributed by atoms with Crippen LogP contribution in [-0.2, 0) is 19.2 Å². The molecule has 0 saturated heterocycles. The van der Waals surface area contributed by atoms with Crippen molar-refractivity contribution in [3.8, 4) is 0 Å². The van der Waals surface area contributed by atoms with Crippen LogP contribution in [0.25, 0.3) is 0 Å². The minimum atomic E-state index is -2.19. The Bertz CT molecular complexity index is 177. The summed E-state index contributed by atoms with van der Waals surface area (Å²) in [4.78, 5) is 35.7. The maximum atomic E-state index is 8.93. The molecule has 10 heteroatoms. The van der Waals surface area contributed by atoms with E-state index in [9.17, 15) is 0 Å². The minimum Gasteiger partial charge on any atom is -0.543 e. The van der Waals surface area contributed by atoms with E-state index in [2.05, 4.69) is 0 Å². The van der Waals surface area contributed by atoms with Gasteiger partial charge in [-0.2, -0.15) is 0 Å². The number of rotatable bonds is 0. The summed E-state index contributed by atoms with van der Waals surface area (Å²) in [5.74, 6) is -8.74. The van der Waals surface area contributed by atoms with Crippen molar-refractivity contribution in [1.82, 2.24) is 0 Å². The van der Waals surface area contributed by atoms with Crippen LogP contribution < -0.4 is 20.4 Å². The van der Waals surface area contributed by atoms with Crippen molar-refractivity contribution in [2.45, 2.75) is 0 Å². The molecule has 0 aromatic heterocycles. The number of carboxylic acids is 4. The summed E-state index contributed by atoms with van der Waals surface area (Å²) >= 11 is 0. The smallest absolute Gasteiger partial charge is 0.543 e. The number of carbonyl (C=O) groups is 4. The van der Waals surface area contributed by atoms with E-state index in [-0.39, 0.29) is 60.8 Å². The van der Waals surface area contributed by atoms with Gasteiger partial charge in [0.05, 0.1) is 23.9 Å². The van der Waals surface area contributed by atoms with Crippen LogP contribution in [-0.4, -0.2) is 84.7 Å². The molecule has 0 aliphatic carbocycles. The van der Waals surface area contributed by atoms with Crippen molar-refractivity contribution in [1.29, 1.82) is 0 Å². The van der Waals surface area contributed by atoms with Crippen LogP contribution in [0.1, 0.15) is 0 Å². The van der Waals surface area contributed by atoms with Crippen molar-refractivity contribution in [2.75, 3.05) is 0 Å². The van der Waals surface area contributed by atoms with Crippen molar-refractivity contribution in [3.05, 3.63) is 0 Å². The standard InChI is InChI=1S/2C2H2O4.Ca.Mg/c2*3-1(4)2(5)6;;/h2*(H,3,4)(H,5,6);;/q;;2*+2/p-4. The van der Waals surface area contributed by atoms with Gasteiger partial charge in [-0.05, 0) is 0 Å². The van der Waals surface area contributed by atoms with Gasteiger partial charge in [0.2, 0.25) is 0 Å². The summed E-state index contributed by atoms with van der Waals surface area (Å²) < 4.78 is 0. The van der Waals surface area contributed by atoms with Gasteiger partial charge in [0.15, 0.2) is 0 Å². The fourth-order valence-corrected chi connectivity index (χ4v) is 0. The van der Waals surface area contributed by atoms with Gasteiger partial charge in [0.1, 0.15) is 0 Å². The first-order valence-corrected chi connectivity index (χ1v) is 2.13. The molecule has 0 atom stereocenters. The summed E-state index contributed by atoms with van der Waals surface area (Å²) in [6, 6.07) is 0.